The van der Waals surface area contributed by atoms with E-state index in [1.54, 1.807) is 18.3 Å². The van der Waals surface area contributed by atoms with Crippen molar-refractivity contribution >= 4 is 11.7 Å². The SMILES string of the molecule is O=C(CCOc1ccccc1F)NCc1cccnc1N1CCOCC1. The number of hydrogen-bond acceptors (Lipinski definition) is 5. The molecule has 1 aliphatic heterocycles. The Bertz CT molecular complexity index is 735. The van der Waals surface area contributed by atoms with Gasteiger partial charge in [0.25, 0.3) is 0 Å². The van der Waals surface area contributed by atoms with Gasteiger partial charge in [-0.3, -0.25) is 4.79 Å². The first kappa shape index (κ1) is 18.1. The van der Waals surface area contributed by atoms with Crippen molar-refractivity contribution in [1.29, 1.82) is 0 Å². The summed E-state index contributed by atoms with van der Waals surface area (Å²) in [5, 5.41) is 2.87. The average Bonchev–Trinajstić information content (AvgIpc) is 2.69. The van der Waals surface area contributed by atoms with Crippen molar-refractivity contribution in [3.8, 4) is 5.75 Å². The minimum Gasteiger partial charge on any atom is -0.490 e. The number of halogens is 1. The molecule has 1 amide bonds. The van der Waals surface area contributed by atoms with E-state index in [0.29, 0.717) is 19.8 Å². The van der Waals surface area contributed by atoms with Crippen LogP contribution in [0.5, 0.6) is 5.75 Å². The van der Waals surface area contributed by atoms with E-state index in [1.807, 2.05) is 12.1 Å². The molecule has 0 bridgehead atoms. The van der Waals surface area contributed by atoms with Gasteiger partial charge in [0.15, 0.2) is 11.6 Å². The number of morpholine rings is 1. The van der Waals surface area contributed by atoms with E-state index in [9.17, 15) is 9.18 Å². The number of hydrogen-bond donors (Lipinski definition) is 1. The summed E-state index contributed by atoms with van der Waals surface area (Å²) < 4.78 is 24.1. The lowest BCUT2D eigenvalue weighted by molar-refractivity contribution is -0.121. The maximum Gasteiger partial charge on any atom is 0.223 e. The highest BCUT2D eigenvalue weighted by atomic mass is 19.1. The van der Waals surface area contributed by atoms with Crippen molar-refractivity contribution < 1.29 is 18.7 Å². The second kappa shape index (κ2) is 9.15. The summed E-state index contributed by atoms with van der Waals surface area (Å²) >= 11 is 0. The van der Waals surface area contributed by atoms with Gasteiger partial charge in [0.1, 0.15) is 5.82 Å². The third-order valence-electron chi connectivity index (χ3n) is 4.08. The number of nitrogens with zero attached hydrogens (tertiary/aromatic N) is 2. The van der Waals surface area contributed by atoms with Crippen LogP contribution in [0.1, 0.15) is 12.0 Å². The molecular formula is C19H22FN3O3. The van der Waals surface area contributed by atoms with E-state index >= 15 is 0 Å². The Morgan fingerprint density at radius 3 is 2.85 bits per heavy atom. The Morgan fingerprint density at radius 1 is 1.23 bits per heavy atom. The Kier molecular flexibility index (Phi) is 6.38. The quantitative estimate of drug-likeness (QED) is 0.821. The van der Waals surface area contributed by atoms with Gasteiger partial charge in [-0.05, 0) is 18.2 Å². The third kappa shape index (κ3) is 4.92. The van der Waals surface area contributed by atoms with Crippen LogP contribution in [0.4, 0.5) is 10.2 Å². The first-order chi connectivity index (χ1) is 12.7. The lowest BCUT2D eigenvalue weighted by Crippen LogP contribution is -2.38. The Labute approximate surface area is 151 Å². The second-order valence-corrected chi connectivity index (χ2v) is 5.89. The molecule has 1 saturated heterocycles. The molecule has 3 rings (SSSR count). The molecule has 0 radical (unpaired) electrons. The molecule has 1 N–H and O–H groups in total. The fourth-order valence-electron chi connectivity index (χ4n) is 2.73. The number of carbonyl (C=O) groups excluding carboxylic acids is 1. The zero-order valence-corrected chi connectivity index (χ0v) is 14.5. The van der Waals surface area contributed by atoms with Crippen molar-refractivity contribution in [2.45, 2.75) is 13.0 Å². The van der Waals surface area contributed by atoms with Crippen LogP contribution < -0.4 is 15.0 Å². The first-order valence-electron chi connectivity index (χ1n) is 8.64. The maximum atomic E-state index is 13.5. The van der Waals surface area contributed by atoms with Gasteiger partial charge < -0.3 is 19.7 Å². The number of para-hydroxylation sites is 1. The van der Waals surface area contributed by atoms with Gasteiger partial charge in [-0.2, -0.15) is 0 Å². The van der Waals surface area contributed by atoms with Crippen molar-refractivity contribution in [2.75, 3.05) is 37.8 Å². The van der Waals surface area contributed by atoms with Crippen molar-refractivity contribution in [3.63, 3.8) is 0 Å². The molecule has 26 heavy (non-hydrogen) atoms. The zero-order valence-electron chi connectivity index (χ0n) is 14.5. The minimum atomic E-state index is -0.432. The average molecular weight is 359 g/mol. The van der Waals surface area contributed by atoms with Crippen molar-refractivity contribution in [1.82, 2.24) is 10.3 Å². The van der Waals surface area contributed by atoms with Crippen LogP contribution >= 0.6 is 0 Å². The first-order valence-corrected chi connectivity index (χ1v) is 8.64. The number of pyridine rings is 1. The number of anilines is 1. The van der Waals surface area contributed by atoms with Gasteiger partial charge in [0.05, 0.1) is 26.2 Å². The number of benzene rings is 1. The number of carbonyl (C=O) groups is 1. The smallest absolute Gasteiger partial charge is 0.223 e. The van der Waals surface area contributed by atoms with Gasteiger partial charge in [-0.25, -0.2) is 9.37 Å². The molecule has 0 unspecified atom stereocenters. The number of ether oxygens (including phenoxy) is 2. The van der Waals surface area contributed by atoms with Gasteiger partial charge in [0.2, 0.25) is 5.91 Å². The molecule has 1 aliphatic rings. The lowest BCUT2D eigenvalue weighted by Gasteiger charge is -2.29. The topological polar surface area (TPSA) is 63.7 Å². The summed E-state index contributed by atoms with van der Waals surface area (Å²) in [5.41, 5.74) is 0.956. The van der Waals surface area contributed by atoms with Gasteiger partial charge in [-0.1, -0.05) is 18.2 Å². The minimum absolute atomic E-state index is 0.121. The van der Waals surface area contributed by atoms with Crippen molar-refractivity contribution in [2.24, 2.45) is 0 Å². The monoisotopic (exact) mass is 359 g/mol. The largest absolute Gasteiger partial charge is 0.490 e. The number of amides is 1. The van der Waals surface area contributed by atoms with Crippen LogP contribution in [-0.4, -0.2) is 43.8 Å². The number of nitrogens with one attached hydrogen (secondary N) is 1. The van der Waals surface area contributed by atoms with Crippen LogP contribution in [-0.2, 0) is 16.1 Å². The second-order valence-electron chi connectivity index (χ2n) is 5.89. The van der Waals surface area contributed by atoms with Crippen LogP contribution in [0.2, 0.25) is 0 Å². The van der Waals surface area contributed by atoms with E-state index in [2.05, 4.69) is 15.2 Å². The standard InChI is InChI=1S/C19H22FN3O3/c20-16-5-1-2-6-17(16)26-11-7-18(24)22-14-15-4-3-8-21-19(15)23-9-12-25-13-10-23/h1-6,8H,7,9-14H2,(H,22,24). The van der Waals surface area contributed by atoms with E-state index < -0.39 is 5.82 Å². The van der Waals surface area contributed by atoms with E-state index in [-0.39, 0.29) is 24.7 Å². The Hall–Kier alpha value is -2.67. The van der Waals surface area contributed by atoms with Crippen LogP contribution in [0, 0.1) is 5.82 Å². The molecule has 2 heterocycles. The fourth-order valence-corrected chi connectivity index (χ4v) is 2.73. The molecule has 2 aromatic rings. The van der Waals surface area contributed by atoms with E-state index in [0.717, 1.165) is 24.5 Å². The molecule has 0 saturated carbocycles. The summed E-state index contributed by atoms with van der Waals surface area (Å²) in [4.78, 5) is 18.6. The zero-order chi connectivity index (χ0) is 18.2. The van der Waals surface area contributed by atoms with Gasteiger partial charge in [0, 0.05) is 31.4 Å². The lowest BCUT2D eigenvalue weighted by atomic mass is 10.2. The summed E-state index contributed by atoms with van der Waals surface area (Å²) in [5.74, 6) is 0.442. The van der Waals surface area contributed by atoms with Crippen LogP contribution in [0.15, 0.2) is 42.6 Å². The molecule has 6 nitrogen and oxygen atoms in total. The highest BCUT2D eigenvalue weighted by Gasteiger charge is 2.16. The Balaban J connectivity index is 1.48. The van der Waals surface area contributed by atoms with Crippen LogP contribution in [0.25, 0.3) is 0 Å². The molecule has 1 fully saturated rings. The molecular weight excluding hydrogens is 337 g/mol. The van der Waals surface area contributed by atoms with Gasteiger partial charge in [-0.15, -0.1) is 0 Å². The van der Waals surface area contributed by atoms with E-state index in [1.165, 1.54) is 12.1 Å². The predicted molar refractivity (Wildman–Crippen MR) is 95.6 cm³/mol. The summed E-state index contributed by atoms with van der Waals surface area (Å²) in [6.45, 7) is 3.43. The van der Waals surface area contributed by atoms with E-state index in [4.69, 9.17) is 9.47 Å². The molecule has 1 aromatic heterocycles. The summed E-state index contributed by atoms with van der Waals surface area (Å²) in [6, 6.07) is 9.95. The third-order valence-corrected chi connectivity index (χ3v) is 4.08. The maximum absolute atomic E-state index is 13.5. The predicted octanol–water partition coefficient (Wildman–Crippen LogP) is 2.14. The molecule has 0 atom stereocenters. The Morgan fingerprint density at radius 2 is 2.04 bits per heavy atom. The highest BCUT2D eigenvalue weighted by Crippen LogP contribution is 2.18. The van der Waals surface area contributed by atoms with Crippen LogP contribution in [0.3, 0.4) is 0 Å². The summed E-state index contributed by atoms with van der Waals surface area (Å²) in [6.07, 6.45) is 1.90. The molecule has 7 heteroatoms. The molecule has 0 spiro atoms. The normalized spacial score (nSPS) is 14.1. The molecule has 0 aliphatic carbocycles. The number of rotatable bonds is 7. The summed E-state index contributed by atoms with van der Waals surface area (Å²) in [7, 11) is 0. The number of aromatic nitrogens is 1. The van der Waals surface area contributed by atoms with Crippen molar-refractivity contribution in [3.05, 3.63) is 54.0 Å². The molecule has 1 aromatic carbocycles. The fraction of sp³-hybridized carbons (Fsp3) is 0.368. The van der Waals surface area contributed by atoms with Gasteiger partial charge >= 0.3 is 0 Å². The highest BCUT2D eigenvalue weighted by molar-refractivity contribution is 5.76. The molecule has 138 valence electrons.